The Kier molecular flexibility index (Phi) is 7.80. The number of fused-ring (bicyclic) bond motifs is 1. The average Bonchev–Trinajstić information content (AvgIpc) is 3.32. The van der Waals surface area contributed by atoms with Gasteiger partial charge in [0.2, 0.25) is 10.0 Å². The van der Waals surface area contributed by atoms with E-state index in [1.54, 1.807) is 39.9 Å². The van der Waals surface area contributed by atoms with Gasteiger partial charge in [0.15, 0.2) is 5.13 Å². The number of sulfonamides is 1. The van der Waals surface area contributed by atoms with Crippen LogP contribution in [-0.4, -0.2) is 80.9 Å². The van der Waals surface area contributed by atoms with Crippen molar-refractivity contribution in [3.05, 3.63) is 53.6 Å². The molecule has 0 bridgehead atoms. The van der Waals surface area contributed by atoms with E-state index in [-0.39, 0.29) is 10.8 Å². The first-order valence-electron chi connectivity index (χ1n) is 13.0. The van der Waals surface area contributed by atoms with E-state index in [0.29, 0.717) is 31.1 Å². The van der Waals surface area contributed by atoms with E-state index >= 15 is 0 Å². The molecule has 0 saturated carbocycles. The van der Waals surface area contributed by atoms with Crippen molar-refractivity contribution in [1.82, 2.24) is 19.5 Å². The standard InChI is InChI=1S/C27H35N5O3S2/c1-20-5-10-24-25(18-20)36-27(29-24)31-16-14-30(15-17-31)13-11-28-26(33)22-6-8-23(9-7-22)37(34,35)32-12-3-4-21(2)19-32/h5-10,18,21H,3-4,11-17,19H2,1-2H3,(H,28,33). The first-order chi connectivity index (χ1) is 17.8. The van der Waals surface area contributed by atoms with Gasteiger partial charge in [-0.2, -0.15) is 4.31 Å². The van der Waals surface area contributed by atoms with Crippen molar-refractivity contribution in [1.29, 1.82) is 0 Å². The smallest absolute Gasteiger partial charge is 0.251 e. The van der Waals surface area contributed by atoms with Crippen LogP contribution >= 0.6 is 11.3 Å². The summed E-state index contributed by atoms with van der Waals surface area (Å²) < 4.78 is 28.7. The Labute approximate surface area is 223 Å². The lowest BCUT2D eigenvalue weighted by Gasteiger charge is -2.34. The number of hydrogen-bond donors (Lipinski definition) is 1. The number of thiazole rings is 1. The summed E-state index contributed by atoms with van der Waals surface area (Å²) in [6, 6.07) is 12.7. The van der Waals surface area contributed by atoms with E-state index in [1.165, 1.54) is 10.3 Å². The Morgan fingerprint density at radius 1 is 1.08 bits per heavy atom. The predicted octanol–water partition coefficient (Wildman–Crippen LogP) is 3.58. The Balaban J connectivity index is 1.08. The molecule has 1 N–H and O–H groups in total. The summed E-state index contributed by atoms with van der Waals surface area (Å²) in [6.07, 6.45) is 1.95. The van der Waals surface area contributed by atoms with E-state index in [1.807, 2.05) is 0 Å². The molecule has 0 radical (unpaired) electrons. The highest BCUT2D eigenvalue weighted by Gasteiger charge is 2.28. The molecule has 0 spiro atoms. The van der Waals surface area contributed by atoms with Crippen LogP contribution in [0.1, 0.15) is 35.7 Å². The number of carbonyl (C=O) groups excluding carboxylic acids is 1. The number of carbonyl (C=O) groups is 1. The molecular formula is C27H35N5O3S2. The first kappa shape index (κ1) is 26.1. The first-order valence-corrected chi connectivity index (χ1v) is 15.3. The van der Waals surface area contributed by atoms with Crippen LogP contribution in [0.3, 0.4) is 0 Å². The van der Waals surface area contributed by atoms with Gasteiger partial charge in [-0.15, -0.1) is 0 Å². The van der Waals surface area contributed by atoms with Crippen LogP contribution in [0.5, 0.6) is 0 Å². The lowest BCUT2D eigenvalue weighted by Crippen LogP contribution is -2.48. The third-order valence-electron chi connectivity index (χ3n) is 7.26. The second-order valence-corrected chi connectivity index (χ2v) is 13.1. The molecule has 5 rings (SSSR count). The minimum atomic E-state index is -3.52. The number of rotatable bonds is 7. The van der Waals surface area contributed by atoms with Crippen molar-refractivity contribution < 1.29 is 13.2 Å². The highest BCUT2D eigenvalue weighted by Crippen LogP contribution is 2.30. The summed E-state index contributed by atoms with van der Waals surface area (Å²) in [5, 5.41) is 4.05. The van der Waals surface area contributed by atoms with Crippen molar-refractivity contribution in [2.45, 2.75) is 31.6 Å². The number of aryl methyl sites for hydroxylation is 1. The fourth-order valence-corrected chi connectivity index (χ4v) is 7.75. The van der Waals surface area contributed by atoms with E-state index in [2.05, 4.69) is 47.2 Å². The highest BCUT2D eigenvalue weighted by molar-refractivity contribution is 7.89. The minimum absolute atomic E-state index is 0.182. The number of nitrogens with zero attached hydrogens (tertiary/aromatic N) is 4. The summed E-state index contributed by atoms with van der Waals surface area (Å²) >= 11 is 1.75. The zero-order valence-electron chi connectivity index (χ0n) is 21.5. The number of amides is 1. The molecule has 3 aromatic rings. The van der Waals surface area contributed by atoms with E-state index in [0.717, 1.165) is 56.2 Å². The number of aromatic nitrogens is 1. The summed E-state index contributed by atoms with van der Waals surface area (Å²) in [4.78, 5) is 22.4. The molecule has 1 unspecified atom stereocenters. The average molecular weight is 542 g/mol. The number of piperidine rings is 1. The van der Waals surface area contributed by atoms with Crippen molar-refractivity contribution in [2.24, 2.45) is 5.92 Å². The van der Waals surface area contributed by atoms with Crippen LogP contribution in [0.4, 0.5) is 5.13 Å². The molecule has 2 fully saturated rings. The number of hydrogen-bond acceptors (Lipinski definition) is 7. The maximum Gasteiger partial charge on any atom is 0.251 e. The third-order valence-corrected chi connectivity index (χ3v) is 10.2. The molecule has 2 saturated heterocycles. The van der Waals surface area contributed by atoms with Gasteiger partial charge in [0.05, 0.1) is 15.1 Å². The predicted molar refractivity (Wildman–Crippen MR) is 149 cm³/mol. The Hall–Kier alpha value is -2.53. The Morgan fingerprint density at radius 3 is 2.57 bits per heavy atom. The van der Waals surface area contributed by atoms with Crippen LogP contribution in [-0.2, 0) is 10.0 Å². The molecule has 198 valence electrons. The fraction of sp³-hybridized carbons (Fsp3) is 0.481. The van der Waals surface area contributed by atoms with Crippen molar-refractivity contribution in [3.63, 3.8) is 0 Å². The van der Waals surface area contributed by atoms with Gasteiger partial charge >= 0.3 is 0 Å². The minimum Gasteiger partial charge on any atom is -0.351 e. The molecule has 8 nitrogen and oxygen atoms in total. The van der Waals surface area contributed by atoms with Gasteiger partial charge in [-0.1, -0.05) is 24.3 Å². The summed E-state index contributed by atoms with van der Waals surface area (Å²) in [7, 11) is -3.52. The van der Waals surface area contributed by atoms with Crippen molar-refractivity contribution in [2.75, 3.05) is 57.3 Å². The van der Waals surface area contributed by atoms with Crippen molar-refractivity contribution in [3.8, 4) is 0 Å². The topological polar surface area (TPSA) is 85.9 Å². The molecule has 0 aliphatic carbocycles. The molecule has 10 heteroatoms. The summed E-state index contributed by atoms with van der Waals surface area (Å²) in [5.41, 5.74) is 2.78. The Bertz CT molecular complexity index is 1350. The van der Waals surface area contributed by atoms with Gasteiger partial charge in [0.1, 0.15) is 0 Å². The molecule has 2 aliphatic rings. The fourth-order valence-electron chi connectivity index (χ4n) is 5.04. The van der Waals surface area contributed by atoms with E-state index in [4.69, 9.17) is 4.98 Å². The second-order valence-electron chi connectivity index (χ2n) is 10.2. The zero-order chi connectivity index (χ0) is 26.0. The third kappa shape index (κ3) is 5.98. The van der Waals surface area contributed by atoms with E-state index < -0.39 is 10.0 Å². The molecular weight excluding hydrogens is 506 g/mol. The van der Waals surface area contributed by atoms with E-state index in [9.17, 15) is 13.2 Å². The Morgan fingerprint density at radius 2 is 1.84 bits per heavy atom. The van der Waals surface area contributed by atoms with Crippen LogP contribution in [0.25, 0.3) is 10.2 Å². The monoisotopic (exact) mass is 541 g/mol. The quantitative estimate of drug-likeness (QED) is 0.492. The normalized spacial score (nSPS) is 19.8. The van der Waals surface area contributed by atoms with Gasteiger partial charge < -0.3 is 10.2 Å². The van der Waals surface area contributed by atoms with Gasteiger partial charge in [0, 0.05) is 57.9 Å². The summed E-state index contributed by atoms with van der Waals surface area (Å²) in [6.45, 7) is 10.3. The maximum atomic E-state index is 12.9. The maximum absolute atomic E-state index is 12.9. The SMILES string of the molecule is Cc1ccc2nc(N3CCN(CCNC(=O)c4ccc(S(=O)(=O)N5CCCC(C)C5)cc4)CC3)sc2c1. The van der Waals surface area contributed by atoms with Gasteiger partial charge in [-0.25, -0.2) is 13.4 Å². The van der Waals surface area contributed by atoms with Crippen LogP contribution in [0.2, 0.25) is 0 Å². The zero-order valence-corrected chi connectivity index (χ0v) is 23.2. The number of anilines is 1. The lowest BCUT2D eigenvalue weighted by molar-refractivity contribution is 0.0947. The number of benzene rings is 2. The molecule has 37 heavy (non-hydrogen) atoms. The second kappa shape index (κ2) is 11.1. The summed E-state index contributed by atoms with van der Waals surface area (Å²) in [5.74, 6) is 0.187. The number of piperazine rings is 1. The van der Waals surface area contributed by atoms with Crippen molar-refractivity contribution >= 4 is 42.6 Å². The molecule has 1 amide bonds. The number of nitrogens with one attached hydrogen (secondary N) is 1. The molecule has 1 atom stereocenters. The van der Waals surface area contributed by atoms with Gasteiger partial charge in [-0.05, 0) is 67.6 Å². The largest absolute Gasteiger partial charge is 0.351 e. The van der Waals surface area contributed by atoms with Crippen LogP contribution in [0, 0.1) is 12.8 Å². The highest BCUT2D eigenvalue weighted by atomic mass is 32.2. The van der Waals surface area contributed by atoms with Gasteiger partial charge in [0.25, 0.3) is 5.91 Å². The lowest BCUT2D eigenvalue weighted by atomic mass is 10.0. The molecule has 2 aliphatic heterocycles. The van der Waals surface area contributed by atoms with Gasteiger partial charge in [-0.3, -0.25) is 9.69 Å². The molecule has 2 aromatic carbocycles. The van der Waals surface area contributed by atoms with Crippen LogP contribution in [0.15, 0.2) is 47.4 Å². The van der Waals surface area contributed by atoms with Crippen LogP contribution < -0.4 is 10.2 Å². The molecule has 3 heterocycles. The molecule has 1 aromatic heterocycles.